The zero-order chi connectivity index (χ0) is 9.42. The molecule has 4 atom stereocenters. The van der Waals surface area contributed by atoms with Gasteiger partial charge in [0.2, 0.25) is 0 Å². The Morgan fingerprint density at radius 1 is 1.00 bits per heavy atom. The molecule has 0 bridgehead atoms. The Hall–Kier alpha value is 0.130. The molecule has 0 aromatic carbocycles. The third kappa shape index (κ3) is 2.04. The maximum absolute atomic E-state index is 9.69. The van der Waals surface area contributed by atoms with Crippen LogP contribution in [0.3, 0.4) is 0 Å². The molecule has 4 nitrogen and oxygen atoms in total. The van der Waals surface area contributed by atoms with Gasteiger partial charge in [0.25, 0.3) is 0 Å². The number of halogens is 1. The highest BCUT2D eigenvalue weighted by molar-refractivity contribution is 5.85. The Morgan fingerprint density at radius 2 is 1.71 bits per heavy atom. The van der Waals surface area contributed by atoms with Crippen molar-refractivity contribution in [3.8, 4) is 0 Å². The summed E-state index contributed by atoms with van der Waals surface area (Å²) < 4.78 is 0. The molecule has 3 N–H and O–H groups in total. The van der Waals surface area contributed by atoms with Crippen LogP contribution in [0.2, 0.25) is 0 Å². The summed E-state index contributed by atoms with van der Waals surface area (Å²) in [4.78, 5) is 2.09. The normalized spacial score (nSPS) is 43.9. The lowest BCUT2D eigenvalue weighted by molar-refractivity contribution is -0.144. The molecule has 0 aromatic rings. The minimum Gasteiger partial charge on any atom is -0.389 e. The monoisotopic (exact) mass is 223 g/mol. The number of aliphatic hydroxyl groups excluding tert-OH is 3. The van der Waals surface area contributed by atoms with Crippen molar-refractivity contribution in [1.29, 1.82) is 0 Å². The van der Waals surface area contributed by atoms with Crippen molar-refractivity contribution >= 4 is 12.4 Å². The molecular formula is C9H18ClNO3. The first-order chi connectivity index (χ1) is 6.20. The Morgan fingerprint density at radius 3 is 2.43 bits per heavy atom. The molecule has 0 radical (unpaired) electrons. The molecule has 2 aliphatic rings. The summed E-state index contributed by atoms with van der Waals surface area (Å²) in [6.07, 6.45) is 0.658. The van der Waals surface area contributed by atoms with Crippen LogP contribution < -0.4 is 0 Å². The number of hydrogen-bond donors (Lipinski definition) is 3. The van der Waals surface area contributed by atoms with Gasteiger partial charge >= 0.3 is 0 Å². The van der Waals surface area contributed by atoms with Gasteiger partial charge in [0.15, 0.2) is 0 Å². The van der Waals surface area contributed by atoms with Crippen LogP contribution in [-0.4, -0.2) is 57.7 Å². The topological polar surface area (TPSA) is 63.9 Å². The van der Waals surface area contributed by atoms with Crippen LogP contribution in [0.5, 0.6) is 0 Å². The molecule has 2 heterocycles. The van der Waals surface area contributed by atoms with Crippen molar-refractivity contribution in [2.45, 2.75) is 43.6 Å². The summed E-state index contributed by atoms with van der Waals surface area (Å²) in [6, 6.07) is 0.0622. The van der Waals surface area contributed by atoms with Crippen molar-refractivity contribution in [2.75, 3.05) is 13.1 Å². The van der Waals surface area contributed by atoms with Crippen LogP contribution in [-0.2, 0) is 0 Å². The lowest BCUT2D eigenvalue weighted by atomic mass is 9.88. The van der Waals surface area contributed by atoms with E-state index in [9.17, 15) is 15.3 Å². The molecule has 0 saturated carbocycles. The van der Waals surface area contributed by atoms with E-state index in [1.54, 1.807) is 0 Å². The number of hydrogen-bond acceptors (Lipinski definition) is 4. The predicted molar refractivity (Wildman–Crippen MR) is 54.5 cm³/mol. The van der Waals surface area contributed by atoms with E-state index in [1.165, 1.54) is 0 Å². The second kappa shape index (κ2) is 4.77. The third-order valence-corrected chi connectivity index (χ3v) is 3.22. The summed E-state index contributed by atoms with van der Waals surface area (Å²) in [5.41, 5.74) is 0. The summed E-state index contributed by atoms with van der Waals surface area (Å²) >= 11 is 0. The van der Waals surface area contributed by atoms with Crippen LogP contribution in [0.1, 0.15) is 19.3 Å². The quantitative estimate of drug-likeness (QED) is 0.511. The fourth-order valence-electron chi connectivity index (χ4n) is 2.43. The van der Waals surface area contributed by atoms with Crippen LogP contribution in [0.25, 0.3) is 0 Å². The minimum atomic E-state index is -0.959. The largest absolute Gasteiger partial charge is 0.389 e. The number of rotatable bonds is 0. The van der Waals surface area contributed by atoms with E-state index in [0.717, 1.165) is 25.8 Å². The number of aliphatic hydroxyl groups is 3. The first-order valence-corrected chi connectivity index (χ1v) is 4.98. The number of nitrogens with zero attached hydrogens (tertiary/aromatic N) is 1. The van der Waals surface area contributed by atoms with E-state index in [2.05, 4.69) is 4.90 Å². The smallest absolute Gasteiger partial charge is 0.108 e. The molecule has 2 saturated heterocycles. The van der Waals surface area contributed by atoms with Crippen molar-refractivity contribution in [3.05, 3.63) is 0 Å². The Bertz CT molecular complexity index is 191. The van der Waals surface area contributed by atoms with E-state index in [0.29, 0.717) is 6.54 Å². The molecule has 84 valence electrons. The Kier molecular flexibility index (Phi) is 4.15. The van der Waals surface area contributed by atoms with E-state index in [1.807, 2.05) is 0 Å². The highest BCUT2D eigenvalue weighted by atomic mass is 35.5. The van der Waals surface area contributed by atoms with Gasteiger partial charge in [-0.3, -0.25) is 4.90 Å². The lowest BCUT2D eigenvalue weighted by Crippen LogP contribution is -2.62. The molecule has 5 heteroatoms. The molecule has 2 rings (SSSR count). The van der Waals surface area contributed by atoms with E-state index in [-0.39, 0.29) is 18.4 Å². The maximum Gasteiger partial charge on any atom is 0.108 e. The Balaban J connectivity index is 0.000000980. The third-order valence-electron chi connectivity index (χ3n) is 3.22. The molecule has 0 unspecified atom stereocenters. The van der Waals surface area contributed by atoms with Gasteiger partial charge in [-0.2, -0.15) is 0 Å². The molecule has 14 heavy (non-hydrogen) atoms. The standard InChI is InChI=1S/C9H17NO3.ClH/c11-7-5-10-4-2-1-3-6(10)8(12)9(7)13;/h6-9,11-13H,1-5H2;1H/t6-,7+,8+,9-;/m0./s1. The molecular weight excluding hydrogens is 206 g/mol. The molecule has 0 aromatic heterocycles. The van der Waals surface area contributed by atoms with E-state index >= 15 is 0 Å². The second-order valence-corrected chi connectivity index (χ2v) is 4.11. The van der Waals surface area contributed by atoms with Crippen LogP contribution in [0, 0.1) is 0 Å². The zero-order valence-corrected chi connectivity index (χ0v) is 8.86. The molecule has 0 spiro atoms. The van der Waals surface area contributed by atoms with Gasteiger partial charge in [-0.25, -0.2) is 0 Å². The highest BCUT2D eigenvalue weighted by Crippen LogP contribution is 2.26. The summed E-state index contributed by atoms with van der Waals surface area (Å²) in [5, 5.41) is 28.6. The van der Waals surface area contributed by atoms with Gasteiger partial charge in [0.1, 0.15) is 6.10 Å². The van der Waals surface area contributed by atoms with Crippen molar-refractivity contribution in [1.82, 2.24) is 4.90 Å². The first kappa shape index (κ1) is 12.2. The molecule has 2 aliphatic heterocycles. The molecule has 0 amide bonds. The van der Waals surface area contributed by atoms with E-state index in [4.69, 9.17) is 0 Å². The predicted octanol–water partition coefficient (Wildman–Crippen LogP) is -0.641. The molecule has 2 fully saturated rings. The van der Waals surface area contributed by atoms with Gasteiger partial charge in [0, 0.05) is 12.6 Å². The molecule has 0 aliphatic carbocycles. The maximum atomic E-state index is 9.69. The highest BCUT2D eigenvalue weighted by Gasteiger charge is 2.41. The lowest BCUT2D eigenvalue weighted by Gasteiger charge is -2.46. The fraction of sp³-hybridized carbons (Fsp3) is 1.00. The van der Waals surface area contributed by atoms with Crippen molar-refractivity contribution in [2.24, 2.45) is 0 Å². The average Bonchev–Trinajstić information content (AvgIpc) is 2.15. The first-order valence-electron chi connectivity index (χ1n) is 4.98. The van der Waals surface area contributed by atoms with Gasteiger partial charge in [0.05, 0.1) is 12.2 Å². The van der Waals surface area contributed by atoms with Crippen molar-refractivity contribution < 1.29 is 15.3 Å². The van der Waals surface area contributed by atoms with Crippen LogP contribution in [0.4, 0.5) is 0 Å². The zero-order valence-electron chi connectivity index (χ0n) is 8.04. The van der Waals surface area contributed by atoms with E-state index < -0.39 is 18.3 Å². The Labute approximate surface area is 89.9 Å². The summed E-state index contributed by atoms with van der Waals surface area (Å²) in [5.74, 6) is 0. The summed E-state index contributed by atoms with van der Waals surface area (Å²) in [6.45, 7) is 1.44. The average molecular weight is 224 g/mol. The van der Waals surface area contributed by atoms with Gasteiger partial charge < -0.3 is 15.3 Å². The number of piperidine rings is 2. The second-order valence-electron chi connectivity index (χ2n) is 4.11. The van der Waals surface area contributed by atoms with Gasteiger partial charge in [-0.1, -0.05) is 6.42 Å². The van der Waals surface area contributed by atoms with Gasteiger partial charge in [-0.05, 0) is 19.4 Å². The van der Waals surface area contributed by atoms with Crippen LogP contribution in [0.15, 0.2) is 0 Å². The number of fused-ring (bicyclic) bond motifs is 1. The van der Waals surface area contributed by atoms with Crippen LogP contribution >= 0.6 is 12.4 Å². The summed E-state index contributed by atoms with van der Waals surface area (Å²) in [7, 11) is 0. The van der Waals surface area contributed by atoms with Crippen molar-refractivity contribution in [3.63, 3.8) is 0 Å². The van der Waals surface area contributed by atoms with Gasteiger partial charge in [-0.15, -0.1) is 12.4 Å². The SMILES string of the molecule is Cl.O[C@@H]1[C@H](O)[C@@H]2CCCCN2C[C@H]1O. The minimum absolute atomic E-state index is 0. The fourth-order valence-corrected chi connectivity index (χ4v) is 2.43.